The Labute approximate surface area is 198 Å². The van der Waals surface area contributed by atoms with E-state index in [0.29, 0.717) is 0 Å². The summed E-state index contributed by atoms with van der Waals surface area (Å²) in [6, 6.07) is 17.2. The largest absolute Gasteiger partial charge is 0.384 e. The topological polar surface area (TPSA) is 20.2 Å². The molecule has 0 unspecified atom stereocenters. The van der Waals surface area contributed by atoms with Crippen LogP contribution in [-0.4, -0.2) is 5.11 Å². The quantitative estimate of drug-likeness (QED) is 0.231. The van der Waals surface area contributed by atoms with Crippen molar-refractivity contribution in [1.29, 1.82) is 0 Å². The molecule has 0 spiro atoms. The number of benzene rings is 2. The first-order valence-electron chi connectivity index (χ1n) is 13.6. The summed E-state index contributed by atoms with van der Waals surface area (Å²) < 4.78 is 0. The Hall–Kier alpha value is -1.60. The van der Waals surface area contributed by atoms with Crippen LogP contribution in [0.4, 0.5) is 0 Å². The minimum absolute atomic E-state index is 0.532. The molecule has 32 heavy (non-hydrogen) atoms. The average molecular weight is 437 g/mol. The van der Waals surface area contributed by atoms with Crippen molar-refractivity contribution in [3.8, 4) is 0 Å². The molecule has 0 saturated carbocycles. The predicted octanol–water partition coefficient (Wildman–Crippen LogP) is 9.35. The summed E-state index contributed by atoms with van der Waals surface area (Å²) in [5.74, 6) is 0. The summed E-state index contributed by atoms with van der Waals surface area (Å²) in [5, 5.41) is 10.8. The Bertz CT molecular complexity index is 624. The van der Waals surface area contributed by atoms with Gasteiger partial charge in [-0.05, 0) is 47.9 Å². The monoisotopic (exact) mass is 436 g/mol. The van der Waals surface area contributed by atoms with Crippen LogP contribution in [0.1, 0.15) is 132 Å². The van der Waals surface area contributed by atoms with Crippen molar-refractivity contribution in [1.82, 2.24) is 0 Å². The molecule has 2 aromatic rings. The summed E-state index contributed by atoms with van der Waals surface area (Å²) in [5.41, 5.74) is 4.76. The van der Waals surface area contributed by atoms with Crippen molar-refractivity contribution < 1.29 is 5.11 Å². The van der Waals surface area contributed by atoms with E-state index in [0.717, 1.165) is 24.0 Å². The summed E-state index contributed by atoms with van der Waals surface area (Å²) in [4.78, 5) is 0. The lowest BCUT2D eigenvalue weighted by atomic mass is 9.97. The number of rotatable bonds is 18. The zero-order chi connectivity index (χ0) is 22.9. The highest BCUT2D eigenvalue weighted by molar-refractivity contribution is 5.33. The van der Waals surface area contributed by atoms with Gasteiger partial charge in [-0.1, -0.05) is 139 Å². The first kappa shape index (κ1) is 26.7. The Morgan fingerprint density at radius 2 is 0.781 bits per heavy atom. The molecular weight excluding hydrogens is 388 g/mol. The lowest BCUT2D eigenvalue weighted by molar-refractivity contribution is 0.220. The average Bonchev–Trinajstić information content (AvgIpc) is 2.83. The standard InChI is InChI=1S/C31H48O/c1-3-5-7-9-11-13-15-17-27-19-23-29(24-20-27)31(32)30-25-21-28(22-26-30)18-16-14-12-10-8-6-4-2/h19-26,31-32H,3-18H2,1-2H3. The second-order valence-corrected chi connectivity index (χ2v) is 9.63. The van der Waals surface area contributed by atoms with Crippen LogP contribution in [0.25, 0.3) is 0 Å². The Balaban J connectivity index is 1.69. The van der Waals surface area contributed by atoms with Crippen molar-refractivity contribution in [2.45, 2.75) is 123 Å². The molecule has 1 nitrogen and oxygen atoms in total. The number of aryl methyl sites for hydroxylation is 2. The molecule has 0 amide bonds. The van der Waals surface area contributed by atoms with Gasteiger partial charge in [-0.2, -0.15) is 0 Å². The first-order chi connectivity index (χ1) is 15.7. The molecule has 178 valence electrons. The third-order valence-electron chi connectivity index (χ3n) is 6.73. The number of aliphatic hydroxyl groups is 1. The third-order valence-corrected chi connectivity index (χ3v) is 6.73. The maximum Gasteiger partial charge on any atom is 0.104 e. The summed E-state index contributed by atoms with van der Waals surface area (Å²) in [6.07, 6.45) is 20.7. The molecule has 0 aromatic heterocycles. The zero-order valence-corrected chi connectivity index (χ0v) is 21.0. The van der Waals surface area contributed by atoms with Gasteiger partial charge in [0.15, 0.2) is 0 Å². The van der Waals surface area contributed by atoms with Crippen LogP contribution in [0.3, 0.4) is 0 Å². The Morgan fingerprint density at radius 3 is 1.12 bits per heavy atom. The smallest absolute Gasteiger partial charge is 0.104 e. The van der Waals surface area contributed by atoms with Gasteiger partial charge in [0.05, 0.1) is 0 Å². The van der Waals surface area contributed by atoms with Gasteiger partial charge in [0.1, 0.15) is 6.10 Å². The van der Waals surface area contributed by atoms with Gasteiger partial charge in [0, 0.05) is 0 Å². The van der Waals surface area contributed by atoms with E-state index in [1.165, 1.54) is 101 Å². The normalized spacial score (nSPS) is 11.4. The molecule has 0 bridgehead atoms. The van der Waals surface area contributed by atoms with Gasteiger partial charge in [-0.15, -0.1) is 0 Å². The van der Waals surface area contributed by atoms with Crippen LogP contribution in [0.15, 0.2) is 48.5 Å². The van der Waals surface area contributed by atoms with Crippen LogP contribution >= 0.6 is 0 Å². The van der Waals surface area contributed by atoms with Crippen molar-refractivity contribution >= 4 is 0 Å². The molecule has 0 atom stereocenters. The van der Waals surface area contributed by atoms with Crippen LogP contribution < -0.4 is 0 Å². The number of aliphatic hydroxyl groups excluding tert-OH is 1. The molecule has 0 fully saturated rings. The fraction of sp³-hybridized carbons (Fsp3) is 0.613. The van der Waals surface area contributed by atoms with Gasteiger partial charge in [0.25, 0.3) is 0 Å². The van der Waals surface area contributed by atoms with E-state index in [-0.39, 0.29) is 0 Å². The van der Waals surface area contributed by atoms with Crippen molar-refractivity contribution in [2.24, 2.45) is 0 Å². The lowest BCUT2D eigenvalue weighted by Crippen LogP contribution is -2.00. The van der Waals surface area contributed by atoms with E-state index in [4.69, 9.17) is 0 Å². The fourth-order valence-electron chi connectivity index (χ4n) is 4.50. The van der Waals surface area contributed by atoms with Crippen LogP contribution in [0.5, 0.6) is 0 Å². The van der Waals surface area contributed by atoms with E-state index < -0.39 is 6.10 Å². The van der Waals surface area contributed by atoms with Crippen molar-refractivity contribution in [3.63, 3.8) is 0 Å². The first-order valence-corrected chi connectivity index (χ1v) is 13.6. The minimum Gasteiger partial charge on any atom is -0.384 e. The van der Waals surface area contributed by atoms with Crippen LogP contribution in [-0.2, 0) is 12.8 Å². The Kier molecular flexibility index (Phi) is 14.1. The lowest BCUT2D eigenvalue weighted by Gasteiger charge is -2.13. The minimum atomic E-state index is -0.532. The van der Waals surface area contributed by atoms with Gasteiger partial charge >= 0.3 is 0 Å². The number of hydrogen-bond acceptors (Lipinski definition) is 1. The summed E-state index contributed by atoms with van der Waals surface area (Å²) >= 11 is 0. The molecule has 1 N–H and O–H groups in total. The van der Waals surface area contributed by atoms with E-state index in [9.17, 15) is 5.11 Å². The Morgan fingerprint density at radius 1 is 0.469 bits per heavy atom. The van der Waals surface area contributed by atoms with E-state index in [1.54, 1.807) is 0 Å². The van der Waals surface area contributed by atoms with E-state index in [1.807, 2.05) is 0 Å². The maximum atomic E-state index is 10.8. The second kappa shape index (κ2) is 17.0. The summed E-state index contributed by atoms with van der Waals surface area (Å²) in [7, 11) is 0. The zero-order valence-electron chi connectivity index (χ0n) is 21.0. The highest BCUT2D eigenvalue weighted by Gasteiger charge is 2.10. The summed E-state index contributed by atoms with van der Waals surface area (Å²) in [6.45, 7) is 4.54. The molecule has 0 radical (unpaired) electrons. The van der Waals surface area contributed by atoms with Crippen LogP contribution in [0, 0.1) is 0 Å². The molecule has 1 heteroatoms. The van der Waals surface area contributed by atoms with Gasteiger partial charge < -0.3 is 5.11 Å². The predicted molar refractivity (Wildman–Crippen MR) is 140 cm³/mol. The fourth-order valence-corrected chi connectivity index (χ4v) is 4.50. The highest BCUT2D eigenvalue weighted by Crippen LogP contribution is 2.24. The molecule has 2 aromatic carbocycles. The SMILES string of the molecule is CCCCCCCCCc1ccc(C(O)c2ccc(CCCCCCCCC)cc2)cc1. The van der Waals surface area contributed by atoms with E-state index in [2.05, 4.69) is 62.4 Å². The molecular formula is C31H48O. The number of hydrogen-bond donors (Lipinski definition) is 1. The maximum absolute atomic E-state index is 10.8. The molecule has 0 aliphatic carbocycles. The van der Waals surface area contributed by atoms with Gasteiger partial charge in [0.2, 0.25) is 0 Å². The molecule has 0 aliphatic rings. The van der Waals surface area contributed by atoms with E-state index >= 15 is 0 Å². The third kappa shape index (κ3) is 10.8. The van der Waals surface area contributed by atoms with Crippen molar-refractivity contribution in [2.75, 3.05) is 0 Å². The molecule has 0 aliphatic heterocycles. The van der Waals surface area contributed by atoms with Gasteiger partial charge in [-0.25, -0.2) is 0 Å². The molecule has 0 heterocycles. The molecule has 2 rings (SSSR count). The number of unbranched alkanes of at least 4 members (excludes halogenated alkanes) is 12. The molecule has 0 saturated heterocycles. The van der Waals surface area contributed by atoms with Gasteiger partial charge in [-0.3, -0.25) is 0 Å². The highest BCUT2D eigenvalue weighted by atomic mass is 16.3. The van der Waals surface area contributed by atoms with Crippen LogP contribution in [0.2, 0.25) is 0 Å². The second-order valence-electron chi connectivity index (χ2n) is 9.63. The van der Waals surface area contributed by atoms with Crippen molar-refractivity contribution in [3.05, 3.63) is 70.8 Å².